The van der Waals surface area contributed by atoms with Crippen LogP contribution in [0.1, 0.15) is 24.5 Å². The van der Waals surface area contributed by atoms with Crippen LogP contribution in [0.25, 0.3) is 0 Å². The topological polar surface area (TPSA) is 53.5 Å². The molecular formula is C18H20ClN3O. The minimum atomic E-state index is -0.189. The van der Waals surface area contributed by atoms with Gasteiger partial charge in [-0.1, -0.05) is 48.4 Å². The van der Waals surface area contributed by atoms with E-state index in [0.717, 1.165) is 17.0 Å². The van der Waals surface area contributed by atoms with E-state index in [2.05, 4.69) is 15.8 Å². The Kier molecular flexibility index (Phi) is 6.18. The number of hydrogen-bond acceptors (Lipinski definition) is 3. The summed E-state index contributed by atoms with van der Waals surface area (Å²) in [5, 5.41) is 7.94. The summed E-state index contributed by atoms with van der Waals surface area (Å²) in [6, 6.07) is 15.3. The average molecular weight is 330 g/mol. The van der Waals surface area contributed by atoms with E-state index >= 15 is 0 Å². The van der Waals surface area contributed by atoms with Gasteiger partial charge in [-0.15, -0.1) is 0 Å². The Labute approximate surface area is 141 Å². The molecule has 0 heterocycles. The van der Waals surface area contributed by atoms with Gasteiger partial charge in [0.15, 0.2) is 0 Å². The molecule has 2 N–H and O–H groups in total. The van der Waals surface area contributed by atoms with E-state index in [1.54, 1.807) is 0 Å². The van der Waals surface area contributed by atoms with E-state index in [1.807, 2.05) is 62.4 Å². The third-order valence-electron chi connectivity index (χ3n) is 3.33. The Morgan fingerprint density at radius 3 is 2.35 bits per heavy atom. The zero-order valence-electron chi connectivity index (χ0n) is 13.3. The molecule has 0 fully saturated rings. The molecule has 2 aromatic carbocycles. The van der Waals surface area contributed by atoms with Crippen molar-refractivity contribution in [2.24, 2.45) is 5.10 Å². The van der Waals surface area contributed by atoms with Crippen molar-refractivity contribution in [2.75, 3.05) is 11.9 Å². The van der Waals surface area contributed by atoms with Gasteiger partial charge >= 0.3 is 0 Å². The Morgan fingerprint density at radius 2 is 1.74 bits per heavy atom. The highest BCUT2D eigenvalue weighted by atomic mass is 35.5. The van der Waals surface area contributed by atoms with Gasteiger partial charge in [0, 0.05) is 10.7 Å². The molecule has 0 saturated carbocycles. The van der Waals surface area contributed by atoms with Crippen LogP contribution in [0.15, 0.2) is 53.6 Å². The van der Waals surface area contributed by atoms with Crippen LogP contribution in [0.4, 0.5) is 5.69 Å². The van der Waals surface area contributed by atoms with Crippen molar-refractivity contribution in [1.29, 1.82) is 0 Å². The Bertz CT molecular complexity index is 678. The van der Waals surface area contributed by atoms with Crippen LogP contribution in [0, 0.1) is 6.92 Å². The number of carbonyl (C=O) groups is 1. The van der Waals surface area contributed by atoms with Crippen molar-refractivity contribution in [1.82, 2.24) is 5.43 Å². The molecule has 0 aliphatic rings. The number of hydrazone groups is 1. The second-order valence-corrected chi connectivity index (χ2v) is 5.61. The number of benzene rings is 2. The van der Waals surface area contributed by atoms with Gasteiger partial charge < -0.3 is 5.32 Å². The quantitative estimate of drug-likeness (QED) is 0.622. The number of rotatable bonds is 6. The lowest BCUT2D eigenvalue weighted by Crippen LogP contribution is -2.27. The standard InChI is InChI=1S/C18H20ClN3O/c1-3-17(14-6-8-15(19)9-7-14)21-22-18(23)12-20-16-10-4-13(2)5-11-16/h4-11,20H,3,12H2,1-2H3,(H,22,23)/b21-17-. The van der Waals surface area contributed by atoms with Crippen LogP contribution in [0.5, 0.6) is 0 Å². The SMILES string of the molecule is CC/C(=N/NC(=O)CNc1ccc(C)cc1)c1ccc(Cl)cc1. The van der Waals surface area contributed by atoms with Crippen molar-refractivity contribution in [3.8, 4) is 0 Å². The third-order valence-corrected chi connectivity index (χ3v) is 3.58. The molecule has 2 rings (SSSR count). The molecule has 0 unspecified atom stereocenters. The van der Waals surface area contributed by atoms with E-state index in [0.29, 0.717) is 11.4 Å². The normalized spacial score (nSPS) is 11.2. The van der Waals surface area contributed by atoms with Gasteiger partial charge in [0.2, 0.25) is 0 Å². The summed E-state index contributed by atoms with van der Waals surface area (Å²) in [6.45, 7) is 4.18. The molecule has 120 valence electrons. The first-order valence-corrected chi connectivity index (χ1v) is 7.88. The van der Waals surface area contributed by atoms with Gasteiger partial charge in [-0.25, -0.2) is 5.43 Å². The Hall–Kier alpha value is -2.33. The summed E-state index contributed by atoms with van der Waals surface area (Å²) >= 11 is 5.88. The lowest BCUT2D eigenvalue weighted by Gasteiger charge is -2.07. The first-order chi connectivity index (χ1) is 11.1. The van der Waals surface area contributed by atoms with Gasteiger partial charge in [-0.05, 0) is 43.2 Å². The molecule has 2 aromatic rings. The first kappa shape index (κ1) is 17.0. The largest absolute Gasteiger partial charge is 0.376 e. The van der Waals surface area contributed by atoms with Crippen LogP contribution < -0.4 is 10.7 Å². The number of carbonyl (C=O) groups excluding carboxylic acids is 1. The maximum absolute atomic E-state index is 11.9. The number of nitrogens with one attached hydrogen (secondary N) is 2. The highest BCUT2D eigenvalue weighted by Gasteiger charge is 2.04. The number of anilines is 1. The molecule has 5 heteroatoms. The smallest absolute Gasteiger partial charge is 0.259 e. The molecule has 0 saturated heterocycles. The molecule has 23 heavy (non-hydrogen) atoms. The molecule has 0 aliphatic heterocycles. The van der Waals surface area contributed by atoms with E-state index in [-0.39, 0.29) is 12.5 Å². The summed E-state index contributed by atoms with van der Waals surface area (Å²) in [5.74, 6) is -0.189. The van der Waals surface area contributed by atoms with Crippen molar-refractivity contribution in [3.63, 3.8) is 0 Å². The molecule has 0 aromatic heterocycles. The fraction of sp³-hybridized carbons (Fsp3) is 0.222. The van der Waals surface area contributed by atoms with Crippen LogP contribution in [-0.4, -0.2) is 18.2 Å². The molecule has 0 radical (unpaired) electrons. The van der Waals surface area contributed by atoms with Gasteiger partial charge in [0.25, 0.3) is 5.91 Å². The predicted molar refractivity (Wildman–Crippen MR) is 96.1 cm³/mol. The number of halogens is 1. The second kappa shape index (κ2) is 8.34. The van der Waals surface area contributed by atoms with Gasteiger partial charge in [0.05, 0.1) is 12.3 Å². The highest BCUT2D eigenvalue weighted by Crippen LogP contribution is 2.11. The van der Waals surface area contributed by atoms with Crippen molar-refractivity contribution in [2.45, 2.75) is 20.3 Å². The summed E-state index contributed by atoms with van der Waals surface area (Å²) in [6.07, 6.45) is 0.716. The van der Waals surface area contributed by atoms with Crippen molar-refractivity contribution < 1.29 is 4.79 Å². The number of amides is 1. The monoisotopic (exact) mass is 329 g/mol. The minimum absolute atomic E-state index is 0.171. The molecular weight excluding hydrogens is 310 g/mol. The molecule has 4 nitrogen and oxygen atoms in total. The third kappa shape index (κ3) is 5.42. The molecule has 1 amide bonds. The molecule has 0 spiro atoms. The second-order valence-electron chi connectivity index (χ2n) is 5.17. The molecule has 0 bridgehead atoms. The van der Waals surface area contributed by atoms with Crippen molar-refractivity contribution in [3.05, 3.63) is 64.7 Å². The lowest BCUT2D eigenvalue weighted by atomic mass is 10.1. The maximum Gasteiger partial charge on any atom is 0.259 e. The number of nitrogens with zero attached hydrogens (tertiary/aromatic N) is 1. The predicted octanol–water partition coefficient (Wildman–Crippen LogP) is 3.99. The van der Waals surface area contributed by atoms with Crippen LogP contribution in [-0.2, 0) is 4.79 Å². The number of aryl methyl sites for hydroxylation is 1. The minimum Gasteiger partial charge on any atom is -0.376 e. The van der Waals surface area contributed by atoms with Crippen LogP contribution in [0.3, 0.4) is 0 Å². The zero-order valence-corrected chi connectivity index (χ0v) is 14.0. The van der Waals surface area contributed by atoms with Crippen LogP contribution >= 0.6 is 11.6 Å². The highest BCUT2D eigenvalue weighted by molar-refractivity contribution is 6.30. The number of hydrogen-bond donors (Lipinski definition) is 2. The molecule has 0 atom stereocenters. The maximum atomic E-state index is 11.9. The zero-order chi connectivity index (χ0) is 16.7. The average Bonchev–Trinajstić information content (AvgIpc) is 2.56. The lowest BCUT2D eigenvalue weighted by molar-refractivity contribution is -0.119. The summed E-state index contributed by atoms with van der Waals surface area (Å²) in [7, 11) is 0. The van der Waals surface area contributed by atoms with Crippen LogP contribution in [0.2, 0.25) is 5.02 Å². The molecule has 0 aliphatic carbocycles. The summed E-state index contributed by atoms with van der Waals surface area (Å²) in [4.78, 5) is 11.9. The Morgan fingerprint density at radius 1 is 1.09 bits per heavy atom. The van der Waals surface area contributed by atoms with Gasteiger partial charge in [-0.3, -0.25) is 4.79 Å². The fourth-order valence-electron chi connectivity index (χ4n) is 2.01. The summed E-state index contributed by atoms with van der Waals surface area (Å²) < 4.78 is 0. The first-order valence-electron chi connectivity index (χ1n) is 7.50. The van der Waals surface area contributed by atoms with E-state index in [1.165, 1.54) is 5.56 Å². The van der Waals surface area contributed by atoms with E-state index < -0.39 is 0 Å². The van der Waals surface area contributed by atoms with E-state index in [9.17, 15) is 4.79 Å². The Balaban J connectivity index is 1.90. The van der Waals surface area contributed by atoms with Crippen molar-refractivity contribution >= 4 is 28.9 Å². The summed E-state index contributed by atoms with van der Waals surface area (Å²) in [5.41, 5.74) is 6.43. The van der Waals surface area contributed by atoms with Gasteiger partial charge in [0.1, 0.15) is 0 Å². The fourth-order valence-corrected chi connectivity index (χ4v) is 2.14. The van der Waals surface area contributed by atoms with Gasteiger partial charge in [-0.2, -0.15) is 5.10 Å². The van der Waals surface area contributed by atoms with E-state index in [4.69, 9.17) is 11.6 Å².